The largest absolute Gasteiger partial charge is 0.451 e. The number of hydrogen-bond donors (Lipinski definition) is 1. The molecule has 0 radical (unpaired) electrons. The number of ether oxygens (including phenoxy) is 1. The van der Waals surface area contributed by atoms with Gasteiger partial charge < -0.3 is 4.74 Å². The van der Waals surface area contributed by atoms with E-state index in [1.807, 2.05) is 0 Å². The van der Waals surface area contributed by atoms with Gasteiger partial charge in [0, 0.05) is 17.3 Å². The van der Waals surface area contributed by atoms with Crippen molar-refractivity contribution < 1.29 is 31.5 Å². The molecule has 0 saturated heterocycles. The lowest BCUT2D eigenvalue weighted by Crippen LogP contribution is -2.25. The normalized spacial score (nSPS) is 12.3. The average Bonchev–Trinajstić information content (AvgIpc) is 2.53. The van der Waals surface area contributed by atoms with Crippen LogP contribution in [0.3, 0.4) is 0 Å². The second kappa shape index (κ2) is 7.61. The Hall–Kier alpha value is -2.81. The van der Waals surface area contributed by atoms with Gasteiger partial charge in [0.25, 0.3) is 0 Å². The summed E-state index contributed by atoms with van der Waals surface area (Å²) < 4.78 is 55.9. The molecule has 0 fully saturated rings. The van der Waals surface area contributed by atoms with Crippen molar-refractivity contribution in [3.8, 4) is 0 Å². The van der Waals surface area contributed by atoms with Gasteiger partial charge in [0.2, 0.25) is 15.8 Å². The van der Waals surface area contributed by atoms with Gasteiger partial charge in [0.15, 0.2) is 6.10 Å². The number of nitrogens with one attached hydrogen (secondary N) is 1. The van der Waals surface area contributed by atoms with Gasteiger partial charge in [-0.25, -0.2) is 22.0 Å². The Labute approximate surface area is 148 Å². The SMILES string of the molecule is C[C@H](OC(=O)c1ccc(F)cc1F)C(=O)c1ccc(NS(C)(=O)=O)cc1. The molecule has 138 valence electrons. The molecule has 2 aromatic carbocycles. The summed E-state index contributed by atoms with van der Waals surface area (Å²) in [6, 6.07) is 7.84. The molecule has 0 saturated carbocycles. The molecule has 2 rings (SSSR count). The zero-order valence-corrected chi connectivity index (χ0v) is 14.6. The Morgan fingerprint density at radius 2 is 1.69 bits per heavy atom. The molecule has 0 unspecified atom stereocenters. The van der Waals surface area contributed by atoms with Gasteiger partial charge in [-0.2, -0.15) is 0 Å². The molecule has 0 aliphatic heterocycles. The zero-order chi connectivity index (χ0) is 19.5. The van der Waals surface area contributed by atoms with E-state index in [-0.39, 0.29) is 11.3 Å². The third-order valence-electron chi connectivity index (χ3n) is 3.28. The molecule has 0 heterocycles. The van der Waals surface area contributed by atoms with Crippen molar-refractivity contribution >= 4 is 27.5 Å². The lowest BCUT2D eigenvalue weighted by molar-refractivity contribution is 0.0314. The second-order valence-corrected chi connectivity index (χ2v) is 7.24. The van der Waals surface area contributed by atoms with E-state index in [0.717, 1.165) is 18.4 Å². The van der Waals surface area contributed by atoms with Crippen LogP contribution in [0.15, 0.2) is 42.5 Å². The molecule has 2 aromatic rings. The zero-order valence-electron chi connectivity index (χ0n) is 13.8. The standard InChI is InChI=1S/C17H15F2NO5S/c1-10(25-17(22)14-8-5-12(18)9-15(14)19)16(21)11-3-6-13(7-4-11)20-26(2,23)24/h3-10,20H,1-2H3/t10-/m0/s1. The van der Waals surface area contributed by atoms with Crippen molar-refractivity contribution in [2.24, 2.45) is 0 Å². The summed E-state index contributed by atoms with van der Waals surface area (Å²) in [5.74, 6) is -3.60. The predicted octanol–water partition coefficient (Wildman–Crippen LogP) is 2.76. The van der Waals surface area contributed by atoms with Crippen LogP contribution >= 0.6 is 0 Å². The number of Topliss-reactive ketones (excluding diaryl/α,β-unsaturated/α-hetero) is 1. The quantitative estimate of drug-likeness (QED) is 0.612. The maximum Gasteiger partial charge on any atom is 0.341 e. The predicted molar refractivity (Wildman–Crippen MR) is 90.5 cm³/mol. The molecule has 0 bridgehead atoms. The Morgan fingerprint density at radius 3 is 2.23 bits per heavy atom. The summed E-state index contributed by atoms with van der Waals surface area (Å²) in [6.45, 7) is 1.31. The summed E-state index contributed by atoms with van der Waals surface area (Å²) in [5, 5.41) is 0. The Morgan fingerprint density at radius 1 is 1.08 bits per heavy atom. The highest BCUT2D eigenvalue weighted by atomic mass is 32.2. The Balaban J connectivity index is 2.08. The average molecular weight is 383 g/mol. The minimum Gasteiger partial charge on any atom is -0.451 e. The molecule has 1 N–H and O–H groups in total. The first-order valence-electron chi connectivity index (χ1n) is 7.35. The van der Waals surface area contributed by atoms with Crippen LogP contribution in [0, 0.1) is 11.6 Å². The number of benzene rings is 2. The molecule has 0 aliphatic carbocycles. The molecule has 26 heavy (non-hydrogen) atoms. The summed E-state index contributed by atoms with van der Waals surface area (Å²) in [4.78, 5) is 24.2. The number of hydrogen-bond acceptors (Lipinski definition) is 5. The number of sulfonamides is 1. The van der Waals surface area contributed by atoms with E-state index in [4.69, 9.17) is 4.74 Å². The van der Waals surface area contributed by atoms with Gasteiger partial charge >= 0.3 is 5.97 Å². The van der Waals surface area contributed by atoms with Gasteiger partial charge in [-0.05, 0) is 43.3 Å². The second-order valence-electron chi connectivity index (χ2n) is 5.49. The Kier molecular flexibility index (Phi) is 5.71. The molecule has 0 aliphatic rings. The molecule has 0 amide bonds. The van der Waals surface area contributed by atoms with Crippen LogP contribution in [0.4, 0.5) is 14.5 Å². The lowest BCUT2D eigenvalue weighted by atomic mass is 10.1. The summed E-state index contributed by atoms with van der Waals surface area (Å²) >= 11 is 0. The highest BCUT2D eigenvalue weighted by Gasteiger charge is 2.22. The molecule has 0 aromatic heterocycles. The first kappa shape index (κ1) is 19.5. The number of rotatable bonds is 6. The van der Waals surface area contributed by atoms with Crippen molar-refractivity contribution in [1.29, 1.82) is 0 Å². The number of ketones is 1. The number of carbonyl (C=O) groups is 2. The lowest BCUT2D eigenvalue weighted by Gasteiger charge is -2.13. The van der Waals surface area contributed by atoms with Gasteiger partial charge in [0.1, 0.15) is 11.6 Å². The van der Waals surface area contributed by atoms with Crippen LogP contribution < -0.4 is 4.72 Å². The highest BCUT2D eigenvalue weighted by molar-refractivity contribution is 7.92. The van der Waals surface area contributed by atoms with E-state index in [0.29, 0.717) is 6.07 Å². The van der Waals surface area contributed by atoms with Crippen LogP contribution in [0.2, 0.25) is 0 Å². The monoisotopic (exact) mass is 383 g/mol. The molecule has 9 heteroatoms. The minimum atomic E-state index is -3.45. The number of esters is 1. The number of anilines is 1. The van der Waals surface area contributed by atoms with Crippen LogP contribution in [-0.2, 0) is 14.8 Å². The Bertz CT molecular complexity index is 942. The molecule has 1 atom stereocenters. The van der Waals surface area contributed by atoms with E-state index in [1.165, 1.54) is 31.2 Å². The van der Waals surface area contributed by atoms with Gasteiger partial charge in [0.05, 0.1) is 11.8 Å². The third kappa shape index (κ3) is 5.09. The van der Waals surface area contributed by atoms with Crippen LogP contribution in [0.1, 0.15) is 27.6 Å². The van der Waals surface area contributed by atoms with Crippen molar-refractivity contribution in [1.82, 2.24) is 0 Å². The fourth-order valence-electron chi connectivity index (χ4n) is 2.08. The topological polar surface area (TPSA) is 89.5 Å². The number of carbonyl (C=O) groups excluding carboxylic acids is 2. The van der Waals surface area contributed by atoms with Crippen LogP contribution in [0.5, 0.6) is 0 Å². The van der Waals surface area contributed by atoms with Crippen LogP contribution in [-0.4, -0.2) is 32.5 Å². The molecular formula is C17H15F2NO5S. The first-order chi connectivity index (χ1) is 12.1. The van der Waals surface area contributed by atoms with Crippen LogP contribution in [0.25, 0.3) is 0 Å². The third-order valence-corrected chi connectivity index (χ3v) is 3.88. The van der Waals surface area contributed by atoms with Gasteiger partial charge in [-0.3, -0.25) is 9.52 Å². The van der Waals surface area contributed by atoms with Gasteiger partial charge in [-0.15, -0.1) is 0 Å². The number of halogens is 2. The fraction of sp³-hybridized carbons (Fsp3) is 0.176. The van der Waals surface area contributed by atoms with Crippen molar-refractivity contribution in [3.63, 3.8) is 0 Å². The smallest absolute Gasteiger partial charge is 0.341 e. The van der Waals surface area contributed by atoms with E-state index >= 15 is 0 Å². The summed E-state index contributed by atoms with van der Waals surface area (Å²) in [5.41, 5.74) is -0.0511. The summed E-state index contributed by atoms with van der Waals surface area (Å²) in [6.07, 6.45) is -0.233. The fourth-order valence-corrected chi connectivity index (χ4v) is 2.65. The molecular weight excluding hydrogens is 368 g/mol. The maximum absolute atomic E-state index is 13.6. The van der Waals surface area contributed by atoms with E-state index < -0.39 is 45.1 Å². The van der Waals surface area contributed by atoms with Crippen molar-refractivity contribution in [2.75, 3.05) is 11.0 Å². The minimum absolute atomic E-state index is 0.170. The first-order valence-corrected chi connectivity index (χ1v) is 9.24. The summed E-state index contributed by atoms with van der Waals surface area (Å²) in [7, 11) is -3.45. The van der Waals surface area contributed by atoms with Gasteiger partial charge in [-0.1, -0.05) is 0 Å². The van der Waals surface area contributed by atoms with E-state index in [9.17, 15) is 26.8 Å². The maximum atomic E-state index is 13.6. The van der Waals surface area contributed by atoms with E-state index in [1.54, 1.807) is 0 Å². The van der Waals surface area contributed by atoms with Crippen molar-refractivity contribution in [3.05, 3.63) is 65.2 Å². The molecule has 0 spiro atoms. The molecule has 6 nitrogen and oxygen atoms in total. The highest BCUT2D eigenvalue weighted by Crippen LogP contribution is 2.16. The van der Waals surface area contributed by atoms with E-state index in [2.05, 4.69) is 4.72 Å². The van der Waals surface area contributed by atoms with Crippen molar-refractivity contribution in [2.45, 2.75) is 13.0 Å².